The summed E-state index contributed by atoms with van der Waals surface area (Å²) in [4.78, 5) is 11.0. The van der Waals surface area contributed by atoms with Gasteiger partial charge in [-0.1, -0.05) is 18.2 Å². The van der Waals surface area contributed by atoms with E-state index in [-0.39, 0.29) is 5.56 Å². The molecule has 0 bridgehead atoms. The Kier molecular flexibility index (Phi) is 3.01. The Hall–Kier alpha value is -2.23. The number of carbonyl (C=O) groups is 1. The monoisotopic (exact) mass is 274 g/mol. The maximum atomic E-state index is 13.8. The van der Waals surface area contributed by atoms with Gasteiger partial charge in [0.05, 0.1) is 5.92 Å². The highest BCUT2D eigenvalue weighted by Gasteiger charge is 2.27. The number of halogens is 2. The van der Waals surface area contributed by atoms with Crippen molar-refractivity contribution < 1.29 is 18.7 Å². The number of fused-ring (bicyclic) bond motifs is 1. The molecule has 2 nitrogen and oxygen atoms in total. The van der Waals surface area contributed by atoms with Gasteiger partial charge < -0.3 is 5.11 Å². The lowest BCUT2D eigenvalue weighted by atomic mass is 10.00. The van der Waals surface area contributed by atoms with E-state index < -0.39 is 23.5 Å². The van der Waals surface area contributed by atoms with Crippen LogP contribution in [0.2, 0.25) is 0 Å². The molecule has 1 N–H and O–H groups in total. The van der Waals surface area contributed by atoms with Crippen LogP contribution in [0.25, 0.3) is 11.1 Å². The first kappa shape index (κ1) is 12.8. The molecule has 0 spiro atoms. The van der Waals surface area contributed by atoms with Crippen LogP contribution in [-0.4, -0.2) is 11.1 Å². The topological polar surface area (TPSA) is 37.3 Å². The molecule has 0 radical (unpaired) electrons. The minimum atomic E-state index is -0.820. The summed E-state index contributed by atoms with van der Waals surface area (Å²) in [6.45, 7) is 0. The van der Waals surface area contributed by atoms with Gasteiger partial charge in [-0.05, 0) is 47.7 Å². The molecule has 4 heteroatoms. The van der Waals surface area contributed by atoms with Crippen molar-refractivity contribution in [2.24, 2.45) is 5.92 Å². The molecule has 0 fully saturated rings. The number of carboxylic acids is 1. The maximum absolute atomic E-state index is 13.8. The molecule has 102 valence electrons. The summed E-state index contributed by atoms with van der Waals surface area (Å²) in [5.41, 5.74) is 2.65. The fourth-order valence-corrected chi connectivity index (χ4v) is 2.68. The Labute approximate surface area is 114 Å². The number of hydrogen-bond acceptors (Lipinski definition) is 1. The first-order valence-corrected chi connectivity index (χ1v) is 6.34. The van der Waals surface area contributed by atoms with Crippen molar-refractivity contribution in [3.8, 4) is 11.1 Å². The van der Waals surface area contributed by atoms with Crippen LogP contribution >= 0.6 is 0 Å². The van der Waals surface area contributed by atoms with Gasteiger partial charge in [-0.25, -0.2) is 8.78 Å². The molecule has 1 unspecified atom stereocenters. The van der Waals surface area contributed by atoms with E-state index in [1.807, 2.05) is 0 Å². The quantitative estimate of drug-likeness (QED) is 0.911. The third-order valence-electron chi connectivity index (χ3n) is 3.73. The summed E-state index contributed by atoms with van der Waals surface area (Å²) >= 11 is 0. The third-order valence-corrected chi connectivity index (χ3v) is 3.73. The molecule has 1 aliphatic rings. The lowest BCUT2D eigenvalue weighted by Gasteiger charge is -2.06. The van der Waals surface area contributed by atoms with E-state index in [0.29, 0.717) is 18.4 Å². The van der Waals surface area contributed by atoms with E-state index in [4.69, 9.17) is 5.11 Å². The van der Waals surface area contributed by atoms with Crippen molar-refractivity contribution in [3.63, 3.8) is 0 Å². The lowest BCUT2D eigenvalue weighted by Crippen LogP contribution is -2.12. The van der Waals surface area contributed by atoms with E-state index >= 15 is 0 Å². The van der Waals surface area contributed by atoms with Gasteiger partial charge in [-0.15, -0.1) is 0 Å². The summed E-state index contributed by atoms with van der Waals surface area (Å²) in [5.74, 6) is -2.22. The molecule has 3 rings (SSSR count). The average molecular weight is 274 g/mol. The molecule has 0 amide bonds. The van der Waals surface area contributed by atoms with Crippen LogP contribution in [0.15, 0.2) is 36.4 Å². The van der Waals surface area contributed by atoms with Crippen molar-refractivity contribution in [2.75, 3.05) is 0 Å². The summed E-state index contributed by atoms with van der Waals surface area (Å²) in [6, 6.07) is 8.60. The molecular formula is C16H12F2O2. The maximum Gasteiger partial charge on any atom is 0.307 e. The van der Waals surface area contributed by atoms with Crippen LogP contribution < -0.4 is 0 Å². The fraction of sp³-hybridized carbons (Fsp3) is 0.188. The van der Waals surface area contributed by atoms with Gasteiger partial charge in [-0.3, -0.25) is 4.79 Å². The standard InChI is InChI=1S/C16H12F2O2/c17-13-3-4-15(18)14(8-13)10-2-1-9-5-12(16(19)20)7-11(9)6-10/h1-4,6,8,12H,5,7H2,(H,19,20). The number of aliphatic carboxylic acids is 1. The highest BCUT2D eigenvalue weighted by Crippen LogP contribution is 2.32. The van der Waals surface area contributed by atoms with Gasteiger partial charge in [0.2, 0.25) is 0 Å². The number of benzene rings is 2. The average Bonchev–Trinajstić information content (AvgIpc) is 2.84. The van der Waals surface area contributed by atoms with E-state index in [9.17, 15) is 13.6 Å². The van der Waals surface area contributed by atoms with Gasteiger partial charge in [0.25, 0.3) is 0 Å². The van der Waals surface area contributed by atoms with Gasteiger partial charge in [0.1, 0.15) is 11.6 Å². The number of hydrogen-bond donors (Lipinski definition) is 1. The lowest BCUT2D eigenvalue weighted by molar-refractivity contribution is -0.141. The van der Waals surface area contributed by atoms with Crippen molar-refractivity contribution in [3.05, 3.63) is 59.2 Å². The number of rotatable bonds is 2. The van der Waals surface area contributed by atoms with Crippen LogP contribution in [0.5, 0.6) is 0 Å². The third kappa shape index (κ3) is 2.18. The van der Waals surface area contributed by atoms with Crippen molar-refractivity contribution in [1.29, 1.82) is 0 Å². The van der Waals surface area contributed by atoms with E-state index in [2.05, 4.69) is 0 Å². The van der Waals surface area contributed by atoms with Crippen molar-refractivity contribution >= 4 is 5.97 Å². The highest BCUT2D eigenvalue weighted by molar-refractivity contribution is 5.73. The summed E-state index contributed by atoms with van der Waals surface area (Å²) in [6.07, 6.45) is 0.937. The van der Waals surface area contributed by atoms with Crippen molar-refractivity contribution in [1.82, 2.24) is 0 Å². The highest BCUT2D eigenvalue weighted by atomic mass is 19.1. The first-order valence-electron chi connectivity index (χ1n) is 6.34. The van der Waals surface area contributed by atoms with E-state index in [0.717, 1.165) is 29.3 Å². The molecule has 0 saturated heterocycles. The Bertz CT molecular complexity index is 695. The molecule has 0 heterocycles. The Morgan fingerprint density at radius 2 is 1.80 bits per heavy atom. The van der Waals surface area contributed by atoms with Crippen LogP contribution in [0.1, 0.15) is 11.1 Å². The summed E-state index contributed by atoms with van der Waals surface area (Å²) < 4.78 is 27.0. The largest absolute Gasteiger partial charge is 0.481 e. The smallest absolute Gasteiger partial charge is 0.307 e. The minimum absolute atomic E-state index is 0.201. The zero-order valence-corrected chi connectivity index (χ0v) is 10.6. The zero-order valence-electron chi connectivity index (χ0n) is 10.6. The second-order valence-corrected chi connectivity index (χ2v) is 5.05. The molecule has 0 aromatic heterocycles. The predicted octanol–water partition coefficient (Wildman–Crippen LogP) is 3.43. The van der Waals surface area contributed by atoms with E-state index in [1.54, 1.807) is 18.2 Å². The molecule has 1 aliphatic carbocycles. The van der Waals surface area contributed by atoms with Gasteiger partial charge in [0.15, 0.2) is 0 Å². The minimum Gasteiger partial charge on any atom is -0.481 e. The van der Waals surface area contributed by atoms with Gasteiger partial charge >= 0.3 is 5.97 Å². The SMILES string of the molecule is O=C(O)C1Cc2ccc(-c3cc(F)ccc3F)cc2C1. The van der Waals surface area contributed by atoms with Crippen LogP contribution in [0.3, 0.4) is 0 Å². The summed E-state index contributed by atoms with van der Waals surface area (Å²) in [5, 5.41) is 9.04. The van der Waals surface area contributed by atoms with Gasteiger partial charge in [-0.2, -0.15) is 0 Å². The molecule has 1 atom stereocenters. The molecular weight excluding hydrogens is 262 g/mol. The van der Waals surface area contributed by atoms with Crippen LogP contribution in [0.4, 0.5) is 8.78 Å². The van der Waals surface area contributed by atoms with Gasteiger partial charge in [0, 0.05) is 5.56 Å². The fourth-order valence-electron chi connectivity index (χ4n) is 2.68. The van der Waals surface area contributed by atoms with Crippen molar-refractivity contribution in [2.45, 2.75) is 12.8 Å². The Balaban J connectivity index is 2.01. The molecule has 2 aromatic carbocycles. The van der Waals surface area contributed by atoms with Crippen LogP contribution in [-0.2, 0) is 17.6 Å². The number of carboxylic acid groups (broad SMARTS) is 1. The zero-order chi connectivity index (χ0) is 14.3. The first-order chi connectivity index (χ1) is 9.54. The predicted molar refractivity (Wildman–Crippen MR) is 70.3 cm³/mol. The second-order valence-electron chi connectivity index (χ2n) is 5.05. The Morgan fingerprint density at radius 1 is 1.05 bits per heavy atom. The Morgan fingerprint density at radius 3 is 2.55 bits per heavy atom. The molecule has 0 saturated carbocycles. The normalized spacial score (nSPS) is 17.0. The van der Waals surface area contributed by atoms with Crippen LogP contribution in [0, 0.1) is 17.6 Å². The molecule has 2 aromatic rings. The van der Waals surface area contributed by atoms with E-state index in [1.165, 1.54) is 0 Å². The second kappa shape index (κ2) is 4.71. The molecule has 0 aliphatic heterocycles. The molecule has 20 heavy (non-hydrogen) atoms. The summed E-state index contributed by atoms with van der Waals surface area (Å²) in [7, 11) is 0.